The van der Waals surface area contributed by atoms with Crippen molar-refractivity contribution in [1.29, 1.82) is 0 Å². The summed E-state index contributed by atoms with van der Waals surface area (Å²) in [6.07, 6.45) is -10.3. The van der Waals surface area contributed by atoms with Crippen molar-refractivity contribution in [2.45, 2.75) is 116 Å². The molecule has 4 heterocycles. The Balaban J connectivity index is 1.30. The van der Waals surface area contributed by atoms with Gasteiger partial charge in [0.1, 0.15) is 17.7 Å². The molecule has 3 saturated heterocycles. The summed E-state index contributed by atoms with van der Waals surface area (Å²) >= 11 is 0. The van der Waals surface area contributed by atoms with E-state index in [1.807, 2.05) is 17.4 Å². The predicted octanol–water partition coefficient (Wildman–Crippen LogP) is 7.36. The molecule has 3 fully saturated rings. The summed E-state index contributed by atoms with van der Waals surface area (Å²) < 4.78 is 144. The summed E-state index contributed by atoms with van der Waals surface area (Å²) in [4.78, 5) is 65.7. The van der Waals surface area contributed by atoms with Gasteiger partial charge in [0, 0.05) is 85.6 Å². The number of amides is 2. The first-order chi connectivity index (χ1) is 37.6. The van der Waals surface area contributed by atoms with Crippen molar-refractivity contribution in [2.75, 3.05) is 52.0 Å². The number of nitrogens with one attached hydrogen (secondary N) is 2. The number of nitrogens with two attached hydrogens (primary N) is 1. The van der Waals surface area contributed by atoms with E-state index in [1.54, 1.807) is 30.5 Å². The molecule has 436 valence electrons. The number of fused-ring (bicyclic) bond motifs is 2. The molecular formula is C55H65F9N8O8. The number of aromatic nitrogens is 1. The predicted molar refractivity (Wildman–Crippen MR) is 276 cm³/mol. The maximum Gasteiger partial charge on any atom is 0.407 e. The van der Waals surface area contributed by atoms with E-state index in [0.29, 0.717) is 68.7 Å². The van der Waals surface area contributed by atoms with Crippen molar-refractivity contribution < 1.29 is 78.0 Å². The summed E-state index contributed by atoms with van der Waals surface area (Å²) in [6, 6.07) is 12.4. The second-order valence-corrected chi connectivity index (χ2v) is 21.2. The van der Waals surface area contributed by atoms with Crippen LogP contribution in [0, 0.1) is 40.3 Å². The number of aliphatic imine (C=N–C) groups is 1. The molecule has 16 nitrogen and oxygen atoms in total. The van der Waals surface area contributed by atoms with Gasteiger partial charge in [0.25, 0.3) is 0 Å². The van der Waals surface area contributed by atoms with Gasteiger partial charge in [-0.1, -0.05) is 50.0 Å². The van der Waals surface area contributed by atoms with Gasteiger partial charge >= 0.3 is 31.0 Å². The first-order valence-electron chi connectivity index (χ1n) is 25.6. The van der Waals surface area contributed by atoms with Gasteiger partial charge in [0.05, 0.1) is 62.7 Å². The van der Waals surface area contributed by atoms with Crippen molar-refractivity contribution in [3.8, 4) is 11.8 Å². The number of halogens is 9. The van der Waals surface area contributed by atoms with Crippen LogP contribution in [0.3, 0.4) is 0 Å². The highest BCUT2D eigenvalue weighted by Crippen LogP contribution is 2.46. The van der Waals surface area contributed by atoms with Crippen molar-refractivity contribution in [1.82, 2.24) is 25.6 Å². The molecule has 2 amide bonds. The number of ketones is 1. The number of nitrogens with zero attached hydrogens (tertiary/aromatic N) is 5. The molecule has 3 aromatic rings. The van der Waals surface area contributed by atoms with Crippen LogP contribution in [0.1, 0.15) is 81.2 Å². The Hall–Kier alpha value is -6.75. The summed E-state index contributed by atoms with van der Waals surface area (Å²) in [5, 5.41) is 14.9. The number of ether oxygens (including phenoxy) is 3. The molecule has 25 heteroatoms. The van der Waals surface area contributed by atoms with Crippen molar-refractivity contribution >= 4 is 41.4 Å². The first kappa shape index (κ1) is 62.4. The molecule has 0 radical (unpaired) electrons. The highest BCUT2D eigenvalue weighted by atomic mass is 19.4. The SMILES string of the molecule is COC(=O)C[C@H](C(=O)NN(Cc1ccc(C(C=NC(F)F)=CN)cc1F)C[C@H](O)[C@@H](CC(=O)[C@@H](NC(=O)OC)C(C)(C)C(F)(F)F)Cc1ccc(C#Cc2ccc(N3CC4CCC(C3)N4C3COC3)nc2)cc1)C(C)(C)C(F)(F)F. The molecule has 5 N–H and O–H groups in total. The number of hydrogen-bond donors (Lipinski definition) is 4. The standard InChI is InChI=1S/C55H65F9N8O8/c1-52(2,54(59,60)61)42(22-47(75)78-5)49(76)69-71(26-36-15-14-35(20-43(36)56)38(23-65)25-67-50(57)58)29-45(74)37(21-44(73)48(68-51(77)79-6)53(3,4)55(62,63)64)19-33-10-7-32(8-11-33)9-12-34-13-18-46(66-24-34)70-27-39-16-17-40(28-70)72(39)41-30-80-31-41/h7-8,10-11,13-15,18,20,23-25,37,39-42,45,48,50,74H,16-17,19,21-22,26-31,65H2,1-6H3,(H,68,77)(H,69,76)/t37-,39?,40?,42-,45+,48-/m1/s1. The van der Waals surface area contributed by atoms with E-state index in [0.717, 1.165) is 82.5 Å². The minimum absolute atomic E-state index is 0.0519. The Morgan fingerprint density at radius 2 is 1.51 bits per heavy atom. The van der Waals surface area contributed by atoms with Gasteiger partial charge in [-0.25, -0.2) is 24.2 Å². The van der Waals surface area contributed by atoms with E-state index in [4.69, 9.17) is 15.5 Å². The number of hydrogen-bond acceptors (Lipinski definition) is 14. The number of Topliss-reactive ketones (excluding diaryl/α,β-unsaturated/α-hetero) is 1. The molecule has 0 spiro atoms. The Bertz CT molecular complexity index is 2770. The number of aliphatic hydroxyl groups is 1. The summed E-state index contributed by atoms with van der Waals surface area (Å²) in [6.45, 7) is 1.10. The van der Waals surface area contributed by atoms with E-state index in [2.05, 4.69) is 41.5 Å². The smallest absolute Gasteiger partial charge is 0.407 e. The average molecular weight is 1140 g/mol. The zero-order valence-corrected chi connectivity index (χ0v) is 44.8. The van der Waals surface area contributed by atoms with E-state index < -0.39 is 109 Å². The number of pyridine rings is 1. The number of carbonyl (C=O) groups excluding carboxylic acids is 4. The lowest BCUT2D eigenvalue weighted by Crippen LogP contribution is -2.62. The molecule has 3 aliphatic heterocycles. The molecule has 2 bridgehead atoms. The zero-order valence-electron chi connectivity index (χ0n) is 44.8. The average Bonchev–Trinajstić information content (AvgIpc) is 3.63. The topological polar surface area (TPSA) is 201 Å². The second-order valence-electron chi connectivity index (χ2n) is 21.2. The number of benzene rings is 2. The van der Waals surface area contributed by atoms with Crippen LogP contribution in [-0.4, -0.2) is 146 Å². The number of rotatable bonds is 22. The maximum absolute atomic E-state index is 16.0. The Morgan fingerprint density at radius 3 is 2.04 bits per heavy atom. The molecule has 0 aliphatic carbocycles. The van der Waals surface area contributed by atoms with Crippen molar-refractivity contribution in [3.63, 3.8) is 0 Å². The van der Waals surface area contributed by atoms with Gasteiger partial charge in [0.2, 0.25) is 5.91 Å². The molecule has 2 unspecified atom stereocenters. The van der Waals surface area contributed by atoms with Crippen molar-refractivity contribution in [3.05, 3.63) is 101 Å². The monoisotopic (exact) mass is 1140 g/mol. The van der Waals surface area contributed by atoms with E-state index >= 15 is 4.39 Å². The minimum atomic E-state index is -5.10. The first-order valence-corrected chi connectivity index (χ1v) is 25.6. The van der Waals surface area contributed by atoms with Gasteiger partial charge in [-0.3, -0.25) is 24.7 Å². The number of esters is 1. The van der Waals surface area contributed by atoms with Crippen LogP contribution in [0.4, 0.5) is 50.1 Å². The van der Waals surface area contributed by atoms with E-state index in [9.17, 15) is 59.4 Å². The number of allylic oxidation sites excluding steroid dienone is 1. The number of carbonyl (C=O) groups is 4. The number of alkyl carbamates (subject to hydrolysis) is 1. The number of piperazine rings is 1. The lowest BCUT2D eigenvalue weighted by Gasteiger charge is -2.47. The van der Waals surface area contributed by atoms with Crippen LogP contribution in [0.2, 0.25) is 0 Å². The van der Waals surface area contributed by atoms with Crippen LogP contribution >= 0.6 is 0 Å². The zero-order chi connectivity index (χ0) is 58.9. The lowest BCUT2D eigenvalue weighted by atomic mass is 9.75. The summed E-state index contributed by atoms with van der Waals surface area (Å²) in [5.74, 6) is -1.65. The molecule has 2 aromatic carbocycles. The molecule has 80 heavy (non-hydrogen) atoms. The minimum Gasteiger partial charge on any atom is -0.469 e. The Labute approximate surface area is 457 Å². The summed E-state index contributed by atoms with van der Waals surface area (Å²) in [7, 11) is 1.75. The largest absolute Gasteiger partial charge is 0.469 e. The fourth-order valence-electron chi connectivity index (χ4n) is 9.95. The summed E-state index contributed by atoms with van der Waals surface area (Å²) in [5.41, 5.74) is 2.97. The third kappa shape index (κ3) is 15.4. The number of anilines is 1. The molecule has 1 aromatic heterocycles. The molecule has 0 saturated carbocycles. The Kier molecular flexibility index (Phi) is 20.5. The van der Waals surface area contributed by atoms with Crippen LogP contribution < -0.4 is 21.4 Å². The van der Waals surface area contributed by atoms with Gasteiger partial charge in [-0.2, -0.15) is 35.1 Å². The van der Waals surface area contributed by atoms with Gasteiger partial charge in [0.15, 0.2) is 5.78 Å². The van der Waals surface area contributed by atoms with Gasteiger partial charge < -0.3 is 35.3 Å². The molecule has 3 aliphatic rings. The Morgan fingerprint density at radius 1 is 0.887 bits per heavy atom. The fourth-order valence-corrected chi connectivity index (χ4v) is 9.95. The maximum atomic E-state index is 16.0. The van der Waals surface area contributed by atoms with Gasteiger partial charge in [-0.05, 0) is 80.5 Å². The van der Waals surface area contributed by atoms with Crippen LogP contribution in [0.25, 0.3) is 5.57 Å². The van der Waals surface area contributed by atoms with E-state index in [1.165, 1.54) is 6.07 Å². The molecule has 6 rings (SSSR count). The van der Waals surface area contributed by atoms with Gasteiger partial charge in [-0.15, -0.1) is 0 Å². The van der Waals surface area contributed by atoms with Crippen LogP contribution in [-0.2, 0) is 41.6 Å². The van der Waals surface area contributed by atoms with E-state index in [-0.39, 0.29) is 23.1 Å². The third-order valence-electron chi connectivity index (χ3n) is 15.1. The number of alkyl halides is 8. The number of hydrazine groups is 1. The molecule has 6 atom stereocenters. The van der Waals surface area contributed by atoms with Crippen LogP contribution in [0.5, 0.6) is 0 Å². The molecular weight excluding hydrogens is 1070 g/mol. The van der Waals surface area contributed by atoms with Crippen LogP contribution in [0.15, 0.2) is 72.0 Å². The van der Waals surface area contributed by atoms with Crippen molar-refractivity contribution in [2.24, 2.45) is 33.4 Å². The number of methoxy groups -OCH3 is 2. The fraction of sp³-hybridized carbons (Fsp3) is 0.527. The highest BCUT2D eigenvalue weighted by molar-refractivity contribution is 6.09. The second kappa shape index (κ2) is 26.2. The number of aliphatic hydroxyl groups excluding tert-OH is 1. The highest BCUT2D eigenvalue weighted by Gasteiger charge is 2.57. The third-order valence-corrected chi connectivity index (χ3v) is 15.1. The lowest BCUT2D eigenvalue weighted by molar-refractivity contribution is -0.231. The quantitative estimate of drug-likeness (QED) is 0.0195. The normalized spacial score (nSPS) is 19.0.